The highest BCUT2D eigenvalue weighted by atomic mass is 35.5. The zero-order valence-electron chi connectivity index (χ0n) is 12.8. The van der Waals surface area contributed by atoms with Crippen LogP contribution in [0.5, 0.6) is 0 Å². The zero-order valence-corrected chi connectivity index (χ0v) is 14.5. The van der Waals surface area contributed by atoms with E-state index >= 15 is 0 Å². The maximum Gasteiger partial charge on any atom is 0.279 e. The molecular weight excluding hydrogens is 314 g/mol. The van der Waals surface area contributed by atoms with Gasteiger partial charge in [-0.2, -0.15) is 17.4 Å². The third-order valence-corrected chi connectivity index (χ3v) is 5.82. The van der Waals surface area contributed by atoms with Crippen LogP contribution in [0.2, 0.25) is 0 Å². The fraction of sp³-hybridized carbons (Fsp3) is 1.00. The first kappa shape index (κ1) is 19.1. The quantitative estimate of drug-likeness (QED) is 0.794. The van der Waals surface area contributed by atoms with E-state index in [4.69, 9.17) is 10.5 Å². The first-order chi connectivity index (χ1) is 9.42. The maximum absolute atomic E-state index is 12.5. The maximum atomic E-state index is 12.5. The summed E-state index contributed by atoms with van der Waals surface area (Å²) in [5, 5.41) is 0. The average Bonchev–Trinajstić information content (AvgIpc) is 2.38. The summed E-state index contributed by atoms with van der Waals surface area (Å²) in [5.74, 6) is 0.259. The van der Waals surface area contributed by atoms with E-state index in [1.54, 1.807) is 0 Å². The highest BCUT2D eigenvalue weighted by Crippen LogP contribution is 2.25. The van der Waals surface area contributed by atoms with Crippen molar-refractivity contribution >= 4 is 22.6 Å². The molecule has 0 spiro atoms. The molecule has 2 fully saturated rings. The summed E-state index contributed by atoms with van der Waals surface area (Å²) >= 11 is 0. The molecule has 126 valence electrons. The number of nitrogens with two attached hydrogens (primary N) is 1. The highest BCUT2D eigenvalue weighted by Gasteiger charge is 2.34. The van der Waals surface area contributed by atoms with Crippen molar-refractivity contribution < 1.29 is 13.2 Å². The van der Waals surface area contributed by atoms with Gasteiger partial charge in [0.15, 0.2) is 0 Å². The molecule has 3 N–H and O–H groups in total. The molecule has 4 atom stereocenters. The number of nitrogens with zero attached hydrogens (tertiary/aromatic N) is 1. The Hall–Kier alpha value is 0.0800. The number of hydrogen-bond donors (Lipinski definition) is 2. The Balaban J connectivity index is 0.00000220. The molecule has 1 aliphatic heterocycles. The number of morpholine rings is 1. The van der Waals surface area contributed by atoms with Crippen LogP contribution in [0.3, 0.4) is 0 Å². The van der Waals surface area contributed by atoms with Crippen molar-refractivity contribution in [2.45, 2.75) is 57.8 Å². The zero-order chi connectivity index (χ0) is 14.8. The Bertz CT molecular complexity index is 411. The van der Waals surface area contributed by atoms with Crippen LogP contribution in [0.1, 0.15) is 39.5 Å². The van der Waals surface area contributed by atoms with Crippen LogP contribution < -0.4 is 10.5 Å². The predicted octanol–water partition coefficient (Wildman–Crippen LogP) is 0.869. The molecule has 1 heterocycles. The molecule has 0 radical (unpaired) electrons. The average molecular weight is 342 g/mol. The largest absolute Gasteiger partial charge is 0.373 e. The van der Waals surface area contributed by atoms with Crippen molar-refractivity contribution in [2.24, 2.45) is 11.7 Å². The summed E-state index contributed by atoms with van der Waals surface area (Å²) < 4.78 is 35.0. The van der Waals surface area contributed by atoms with Gasteiger partial charge in [0.2, 0.25) is 0 Å². The lowest BCUT2D eigenvalue weighted by molar-refractivity contribution is -0.0445. The summed E-state index contributed by atoms with van der Waals surface area (Å²) in [6, 6.07) is -0.0211. The third kappa shape index (κ3) is 5.04. The van der Waals surface area contributed by atoms with Crippen LogP contribution in [0.15, 0.2) is 0 Å². The topological polar surface area (TPSA) is 84.7 Å². The van der Waals surface area contributed by atoms with E-state index in [9.17, 15) is 8.42 Å². The second kappa shape index (κ2) is 8.08. The highest BCUT2D eigenvalue weighted by molar-refractivity contribution is 7.87. The van der Waals surface area contributed by atoms with Crippen molar-refractivity contribution in [1.82, 2.24) is 9.03 Å². The standard InChI is InChI=1S/C13H27N3O3S.ClH/c1-10-8-16(9-11(2)19-10)20(17,18)15-13-6-4-3-5-12(13)7-14;/h10-13,15H,3-9,14H2,1-2H3;1H. The van der Waals surface area contributed by atoms with Gasteiger partial charge in [-0.3, -0.25) is 0 Å². The molecule has 0 aromatic heterocycles. The molecule has 6 nitrogen and oxygen atoms in total. The predicted molar refractivity (Wildman–Crippen MR) is 85.7 cm³/mol. The minimum Gasteiger partial charge on any atom is -0.373 e. The van der Waals surface area contributed by atoms with Crippen LogP contribution in [0.25, 0.3) is 0 Å². The first-order valence-corrected chi connectivity index (χ1v) is 8.99. The van der Waals surface area contributed by atoms with Gasteiger partial charge >= 0.3 is 0 Å². The number of nitrogens with one attached hydrogen (secondary N) is 1. The van der Waals surface area contributed by atoms with Crippen molar-refractivity contribution in [3.63, 3.8) is 0 Å². The Labute approximate surface area is 134 Å². The van der Waals surface area contributed by atoms with Gasteiger partial charge < -0.3 is 10.5 Å². The van der Waals surface area contributed by atoms with Gasteiger partial charge in [-0.1, -0.05) is 12.8 Å². The molecule has 0 amide bonds. The van der Waals surface area contributed by atoms with Crippen LogP contribution in [-0.4, -0.2) is 50.6 Å². The van der Waals surface area contributed by atoms with E-state index < -0.39 is 10.2 Å². The number of hydrogen-bond acceptors (Lipinski definition) is 4. The minimum absolute atomic E-state index is 0. The van der Waals surface area contributed by atoms with Gasteiger partial charge in [-0.15, -0.1) is 12.4 Å². The van der Waals surface area contributed by atoms with Gasteiger partial charge in [-0.05, 0) is 39.2 Å². The molecule has 0 bridgehead atoms. The van der Waals surface area contributed by atoms with Crippen LogP contribution in [-0.2, 0) is 14.9 Å². The van der Waals surface area contributed by atoms with Crippen molar-refractivity contribution in [2.75, 3.05) is 19.6 Å². The summed E-state index contributed by atoms with van der Waals surface area (Å²) in [5.41, 5.74) is 5.77. The van der Waals surface area contributed by atoms with E-state index in [0.29, 0.717) is 19.6 Å². The van der Waals surface area contributed by atoms with Crippen LogP contribution >= 0.6 is 12.4 Å². The number of rotatable bonds is 4. The molecule has 1 aliphatic carbocycles. The first-order valence-electron chi connectivity index (χ1n) is 7.55. The monoisotopic (exact) mass is 341 g/mol. The van der Waals surface area contributed by atoms with Gasteiger partial charge in [0.1, 0.15) is 0 Å². The van der Waals surface area contributed by atoms with E-state index in [1.165, 1.54) is 4.31 Å². The van der Waals surface area contributed by atoms with Gasteiger partial charge in [0.25, 0.3) is 10.2 Å². The van der Waals surface area contributed by atoms with E-state index in [1.807, 2.05) is 13.8 Å². The van der Waals surface area contributed by atoms with Crippen LogP contribution in [0.4, 0.5) is 0 Å². The molecule has 2 aliphatic rings. The second-order valence-corrected chi connectivity index (χ2v) is 7.79. The van der Waals surface area contributed by atoms with Crippen molar-refractivity contribution in [1.29, 1.82) is 0 Å². The fourth-order valence-electron chi connectivity index (χ4n) is 3.24. The lowest BCUT2D eigenvalue weighted by atomic mass is 9.85. The molecular formula is C13H28ClN3O3S. The van der Waals surface area contributed by atoms with Crippen molar-refractivity contribution in [3.8, 4) is 0 Å². The molecule has 1 saturated carbocycles. The third-order valence-electron chi connectivity index (χ3n) is 4.24. The minimum atomic E-state index is -3.44. The van der Waals surface area contributed by atoms with E-state index in [0.717, 1.165) is 25.7 Å². The Morgan fingerprint density at radius 1 is 1.19 bits per heavy atom. The molecule has 0 aromatic carbocycles. The van der Waals surface area contributed by atoms with Crippen LogP contribution in [0, 0.1) is 5.92 Å². The Morgan fingerprint density at radius 3 is 2.33 bits per heavy atom. The normalized spacial score (nSPS) is 35.2. The number of ether oxygens (including phenoxy) is 1. The molecule has 1 saturated heterocycles. The summed E-state index contributed by atoms with van der Waals surface area (Å²) in [4.78, 5) is 0. The van der Waals surface area contributed by atoms with Gasteiger partial charge in [-0.25, -0.2) is 0 Å². The summed E-state index contributed by atoms with van der Waals surface area (Å²) in [6.07, 6.45) is 3.99. The second-order valence-electron chi connectivity index (χ2n) is 6.08. The lowest BCUT2D eigenvalue weighted by Crippen LogP contribution is -2.55. The molecule has 8 heteroatoms. The molecule has 4 unspecified atom stereocenters. The van der Waals surface area contributed by atoms with Gasteiger partial charge in [0.05, 0.1) is 12.2 Å². The van der Waals surface area contributed by atoms with Crippen molar-refractivity contribution in [3.05, 3.63) is 0 Å². The lowest BCUT2D eigenvalue weighted by Gasteiger charge is -2.37. The van der Waals surface area contributed by atoms with E-state index in [-0.39, 0.29) is 36.6 Å². The fourth-order valence-corrected chi connectivity index (χ4v) is 4.89. The SMILES string of the molecule is CC1CN(S(=O)(=O)NC2CCCCC2CN)CC(C)O1.Cl. The van der Waals surface area contributed by atoms with Gasteiger partial charge in [0, 0.05) is 19.1 Å². The number of halogens is 1. The smallest absolute Gasteiger partial charge is 0.279 e. The molecule has 0 aromatic rings. The molecule has 2 rings (SSSR count). The Kier molecular flexibility index (Phi) is 7.36. The molecule has 21 heavy (non-hydrogen) atoms. The Morgan fingerprint density at radius 2 is 1.76 bits per heavy atom. The summed E-state index contributed by atoms with van der Waals surface area (Å²) in [6.45, 7) is 5.19. The van der Waals surface area contributed by atoms with E-state index in [2.05, 4.69) is 4.72 Å². The summed E-state index contributed by atoms with van der Waals surface area (Å²) in [7, 11) is -3.44.